The number of ether oxygens (including phenoxy) is 2. The molecule has 1 aromatic heterocycles. The fourth-order valence-electron chi connectivity index (χ4n) is 1.85. The topological polar surface area (TPSA) is 79.1 Å². The summed E-state index contributed by atoms with van der Waals surface area (Å²) >= 11 is 0. The Balaban J connectivity index is 1.91. The van der Waals surface area contributed by atoms with Crippen LogP contribution in [-0.4, -0.2) is 32.5 Å². The number of halogens is 3. The van der Waals surface area contributed by atoms with Crippen LogP contribution in [0.4, 0.5) is 13.2 Å². The number of benzene rings is 1. The van der Waals surface area contributed by atoms with Crippen LogP contribution in [-0.2, 0) is 23.0 Å². The van der Waals surface area contributed by atoms with E-state index in [2.05, 4.69) is 20.3 Å². The average molecular weight is 330 g/mol. The summed E-state index contributed by atoms with van der Waals surface area (Å²) in [5.74, 6) is -0.523. The molecule has 0 fully saturated rings. The molecule has 0 aliphatic carbocycles. The molecule has 0 saturated carbocycles. The summed E-state index contributed by atoms with van der Waals surface area (Å²) in [6.07, 6.45) is -5.49. The van der Waals surface area contributed by atoms with E-state index in [4.69, 9.17) is 4.74 Å². The van der Waals surface area contributed by atoms with Crippen LogP contribution in [0.15, 0.2) is 24.3 Å². The van der Waals surface area contributed by atoms with Crippen LogP contribution in [0.25, 0.3) is 0 Å². The summed E-state index contributed by atoms with van der Waals surface area (Å²) in [4.78, 5) is 11.8. The number of carbonyl (C=O) groups excluding carboxylic acids is 1. The van der Waals surface area contributed by atoms with Crippen LogP contribution >= 0.6 is 0 Å². The Morgan fingerprint density at radius 1 is 1.30 bits per heavy atom. The van der Waals surface area contributed by atoms with Gasteiger partial charge >= 0.3 is 12.3 Å². The lowest BCUT2D eigenvalue weighted by Gasteiger charge is -2.12. The Hall–Kier alpha value is -2.65. The van der Waals surface area contributed by atoms with Crippen LogP contribution in [0.3, 0.4) is 0 Å². The highest BCUT2D eigenvalue weighted by Crippen LogP contribution is 2.23. The van der Waals surface area contributed by atoms with Crippen molar-refractivity contribution in [3.05, 3.63) is 35.7 Å². The predicted molar refractivity (Wildman–Crippen MR) is 70.1 cm³/mol. The first-order valence-corrected chi connectivity index (χ1v) is 6.51. The van der Waals surface area contributed by atoms with E-state index in [1.165, 1.54) is 16.8 Å². The third-order valence-electron chi connectivity index (χ3n) is 2.83. The number of carbonyl (C=O) groups is 1. The van der Waals surface area contributed by atoms with E-state index >= 15 is 0 Å². The number of rotatable bonds is 5. The van der Waals surface area contributed by atoms with Gasteiger partial charge in [-0.2, -0.15) is 0 Å². The predicted octanol–water partition coefficient (Wildman–Crippen LogP) is 1.96. The van der Waals surface area contributed by atoms with Gasteiger partial charge in [0.05, 0.1) is 6.42 Å². The van der Waals surface area contributed by atoms with Crippen LogP contribution in [0, 0.1) is 0 Å². The van der Waals surface area contributed by atoms with Crippen molar-refractivity contribution in [2.75, 3.05) is 0 Å². The molecule has 1 atom stereocenters. The number of hydrogen-bond donors (Lipinski definition) is 0. The van der Waals surface area contributed by atoms with Crippen LogP contribution in [0.2, 0.25) is 0 Å². The van der Waals surface area contributed by atoms with Crippen molar-refractivity contribution in [2.24, 2.45) is 7.05 Å². The quantitative estimate of drug-likeness (QED) is 0.780. The smallest absolute Gasteiger partial charge is 0.454 e. The molecule has 23 heavy (non-hydrogen) atoms. The lowest BCUT2D eigenvalue weighted by atomic mass is 10.1. The van der Waals surface area contributed by atoms with Gasteiger partial charge < -0.3 is 9.47 Å². The second kappa shape index (κ2) is 6.63. The zero-order valence-corrected chi connectivity index (χ0v) is 12.2. The van der Waals surface area contributed by atoms with Crippen LogP contribution < -0.4 is 4.74 Å². The van der Waals surface area contributed by atoms with Crippen molar-refractivity contribution in [3.8, 4) is 5.75 Å². The molecule has 124 valence electrons. The van der Waals surface area contributed by atoms with E-state index in [0.717, 1.165) is 12.1 Å². The van der Waals surface area contributed by atoms with Crippen LogP contribution in [0.5, 0.6) is 5.75 Å². The zero-order valence-electron chi connectivity index (χ0n) is 12.2. The molecule has 0 unspecified atom stereocenters. The Labute approximate surface area is 129 Å². The van der Waals surface area contributed by atoms with Gasteiger partial charge in [0.2, 0.25) is 0 Å². The minimum Gasteiger partial charge on any atom is -0.454 e. The summed E-state index contributed by atoms with van der Waals surface area (Å²) in [7, 11) is 1.61. The SMILES string of the molecule is C[C@@H](OC(=O)Cc1ccc(OC(F)(F)F)cc1)c1nnnn1C. The summed E-state index contributed by atoms with van der Waals surface area (Å²) in [6, 6.07) is 4.98. The highest BCUT2D eigenvalue weighted by atomic mass is 19.4. The lowest BCUT2D eigenvalue weighted by Crippen LogP contribution is -2.17. The van der Waals surface area contributed by atoms with E-state index in [-0.39, 0.29) is 12.2 Å². The molecule has 0 spiro atoms. The van der Waals surface area contributed by atoms with Gasteiger partial charge in [0.25, 0.3) is 0 Å². The van der Waals surface area contributed by atoms with Gasteiger partial charge in [-0.15, -0.1) is 18.3 Å². The van der Waals surface area contributed by atoms with Gasteiger partial charge in [-0.25, -0.2) is 4.68 Å². The first kappa shape index (κ1) is 16.7. The minimum atomic E-state index is -4.75. The number of aryl methyl sites for hydroxylation is 1. The zero-order chi connectivity index (χ0) is 17.0. The second-order valence-corrected chi connectivity index (χ2v) is 4.66. The molecule has 10 heteroatoms. The van der Waals surface area contributed by atoms with Gasteiger partial charge in [0, 0.05) is 7.05 Å². The Morgan fingerprint density at radius 3 is 2.48 bits per heavy atom. The first-order chi connectivity index (χ1) is 10.7. The standard InChI is InChI=1S/C13H13F3N4O3/c1-8(12-17-18-19-20(12)2)22-11(21)7-9-3-5-10(6-4-9)23-13(14,15)16/h3-6,8H,7H2,1-2H3/t8-/m1/s1. The van der Waals surface area contributed by atoms with Crippen molar-refractivity contribution >= 4 is 5.97 Å². The summed E-state index contributed by atoms with van der Waals surface area (Å²) in [5, 5.41) is 10.8. The van der Waals surface area contributed by atoms with E-state index < -0.39 is 18.4 Å². The number of esters is 1. The third-order valence-corrected chi connectivity index (χ3v) is 2.83. The molecule has 0 aliphatic heterocycles. The van der Waals surface area contributed by atoms with E-state index in [1.807, 2.05) is 0 Å². The average Bonchev–Trinajstić information content (AvgIpc) is 2.85. The molecule has 0 N–H and O–H groups in total. The van der Waals surface area contributed by atoms with Gasteiger partial charge in [0.15, 0.2) is 11.9 Å². The highest BCUT2D eigenvalue weighted by molar-refractivity contribution is 5.72. The molecule has 2 rings (SSSR count). The first-order valence-electron chi connectivity index (χ1n) is 6.51. The highest BCUT2D eigenvalue weighted by Gasteiger charge is 2.31. The monoisotopic (exact) mass is 330 g/mol. The maximum Gasteiger partial charge on any atom is 0.573 e. The maximum absolute atomic E-state index is 12.0. The number of alkyl halides is 3. The summed E-state index contributed by atoms with van der Waals surface area (Å²) in [5.41, 5.74) is 0.493. The molecule has 0 aliphatic rings. The summed E-state index contributed by atoms with van der Waals surface area (Å²) < 4.78 is 46.4. The Bertz CT molecular complexity index is 670. The number of tetrazole rings is 1. The molecule has 7 nitrogen and oxygen atoms in total. The number of hydrogen-bond acceptors (Lipinski definition) is 6. The Morgan fingerprint density at radius 2 is 1.96 bits per heavy atom. The van der Waals surface area contributed by atoms with E-state index in [0.29, 0.717) is 11.4 Å². The molecular weight excluding hydrogens is 317 g/mol. The van der Waals surface area contributed by atoms with E-state index in [1.54, 1.807) is 14.0 Å². The fraction of sp³-hybridized carbons (Fsp3) is 0.385. The fourth-order valence-corrected chi connectivity index (χ4v) is 1.85. The molecule has 0 saturated heterocycles. The van der Waals surface area contributed by atoms with E-state index in [9.17, 15) is 18.0 Å². The molecular formula is C13H13F3N4O3. The largest absolute Gasteiger partial charge is 0.573 e. The van der Waals surface area contributed by atoms with Gasteiger partial charge in [-0.05, 0) is 35.0 Å². The van der Waals surface area contributed by atoms with Gasteiger partial charge in [-0.3, -0.25) is 4.79 Å². The molecule has 1 aromatic carbocycles. The van der Waals surface area contributed by atoms with Crippen molar-refractivity contribution < 1.29 is 27.4 Å². The molecule has 0 radical (unpaired) electrons. The van der Waals surface area contributed by atoms with Gasteiger partial charge in [-0.1, -0.05) is 12.1 Å². The van der Waals surface area contributed by atoms with Crippen molar-refractivity contribution in [1.29, 1.82) is 0 Å². The molecule has 1 heterocycles. The molecule has 0 bridgehead atoms. The Kier molecular flexibility index (Phi) is 4.82. The minimum absolute atomic E-state index is 0.0953. The summed E-state index contributed by atoms with van der Waals surface area (Å²) in [6.45, 7) is 1.61. The maximum atomic E-state index is 12.0. The lowest BCUT2D eigenvalue weighted by molar-refractivity contribution is -0.274. The normalized spacial score (nSPS) is 12.7. The van der Waals surface area contributed by atoms with Gasteiger partial charge in [0.1, 0.15) is 5.75 Å². The van der Waals surface area contributed by atoms with Crippen molar-refractivity contribution in [3.63, 3.8) is 0 Å². The van der Waals surface area contributed by atoms with Crippen molar-refractivity contribution in [2.45, 2.75) is 25.8 Å². The molecule has 2 aromatic rings. The third kappa shape index (κ3) is 4.94. The molecule has 0 amide bonds. The van der Waals surface area contributed by atoms with Crippen LogP contribution in [0.1, 0.15) is 24.4 Å². The number of nitrogens with zero attached hydrogens (tertiary/aromatic N) is 4. The second-order valence-electron chi connectivity index (χ2n) is 4.66. The number of aromatic nitrogens is 4. The van der Waals surface area contributed by atoms with Crippen molar-refractivity contribution in [1.82, 2.24) is 20.2 Å².